The molecule has 0 saturated heterocycles. The van der Waals surface area contributed by atoms with E-state index < -0.39 is 6.10 Å². The fraction of sp³-hybridized carbons (Fsp3) is 0.643. The lowest BCUT2D eigenvalue weighted by Gasteiger charge is -2.33. The van der Waals surface area contributed by atoms with E-state index in [1.54, 1.807) is 12.4 Å². The van der Waals surface area contributed by atoms with Crippen molar-refractivity contribution in [3.8, 4) is 0 Å². The third-order valence-electron chi connectivity index (χ3n) is 4.31. The maximum atomic E-state index is 10.6. The molecule has 0 amide bonds. The first-order valence-electron chi connectivity index (χ1n) is 6.50. The summed E-state index contributed by atoms with van der Waals surface area (Å²) in [7, 11) is 0. The highest BCUT2D eigenvalue weighted by Crippen LogP contribution is 2.49. The van der Waals surface area contributed by atoms with Crippen LogP contribution in [0.5, 0.6) is 0 Å². The molecule has 0 radical (unpaired) electrons. The summed E-state index contributed by atoms with van der Waals surface area (Å²) in [4.78, 5) is 4.08. The molecule has 17 heavy (non-hydrogen) atoms. The van der Waals surface area contributed by atoms with Crippen LogP contribution in [-0.4, -0.2) is 16.6 Å². The largest absolute Gasteiger partial charge is 0.388 e. The van der Waals surface area contributed by atoms with Gasteiger partial charge in [-0.3, -0.25) is 4.98 Å². The van der Waals surface area contributed by atoms with Gasteiger partial charge in [-0.15, -0.1) is 0 Å². The lowest BCUT2D eigenvalue weighted by atomic mass is 9.77. The molecule has 1 saturated carbocycles. The first kappa shape index (κ1) is 12.5. The fourth-order valence-electron chi connectivity index (χ4n) is 3.06. The van der Waals surface area contributed by atoms with Crippen molar-refractivity contribution in [3.63, 3.8) is 0 Å². The molecule has 1 heterocycles. The zero-order valence-corrected chi connectivity index (χ0v) is 10.5. The Morgan fingerprint density at radius 2 is 2.47 bits per heavy atom. The van der Waals surface area contributed by atoms with E-state index in [-0.39, 0.29) is 5.41 Å². The van der Waals surface area contributed by atoms with Gasteiger partial charge in [-0.1, -0.05) is 19.4 Å². The number of pyridine rings is 1. The molecule has 3 nitrogen and oxygen atoms in total. The van der Waals surface area contributed by atoms with Crippen LogP contribution in [0.15, 0.2) is 24.5 Å². The van der Waals surface area contributed by atoms with Gasteiger partial charge in [-0.05, 0) is 36.8 Å². The fourth-order valence-corrected chi connectivity index (χ4v) is 3.06. The Kier molecular flexibility index (Phi) is 3.79. The number of nitrogens with zero attached hydrogens (tertiary/aromatic N) is 1. The van der Waals surface area contributed by atoms with Crippen LogP contribution in [0.2, 0.25) is 0 Å². The Balaban J connectivity index is 2.19. The van der Waals surface area contributed by atoms with Gasteiger partial charge in [0.2, 0.25) is 0 Å². The molecule has 3 atom stereocenters. The highest BCUT2D eigenvalue weighted by Gasteiger charge is 2.43. The molecule has 1 aliphatic rings. The summed E-state index contributed by atoms with van der Waals surface area (Å²) in [5.41, 5.74) is 6.71. The van der Waals surface area contributed by atoms with E-state index in [0.29, 0.717) is 12.5 Å². The number of rotatable bonds is 4. The van der Waals surface area contributed by atoms with Crippen LogP contribution >= 0.6 is 0 Å². The van der Waals surface area contributed by atoms with Crippen molar-refractivity contribution in [2.45, 2.75) is 38.7 Å². The normalized spacial score (nSPS) is 30.4. The zero-order valence-electron chi connectivity index (χ0n) is 10.5. The van der Waals surface area contributed by atoms with E-state index in [1.807, 2.05) is 12.1 Å². The molecule has 1 aromatic heterocycles. The molecule has 3 heteroatoms. The lowest BCUT2D eigenvalue weighted by molar-refractivity contribution is 0.0299. The van der Waals surface area contributed by atoms with Gasteiger partial charge in [0.25, 0.3) is 0 Å². The van der Waals surface area contributed by atoms with E-state index in [9.17, 15) is 5.11 Å². The minimum absolute atomic E-state index is 0.135. The van der Waals surface area contributed by atoms with Gasteiger partial charge in [0, 0.05) is 24.4 Å². The van der Waals surface area contributed by atoms with E-state index >= 15 is 0 Å². The number of aliphatic hydroxyl groups is 1. The second-order valence-corrected chi connectivity index (χ2v) is 5.27. The lowest BCUT2D eigenvalue weighted by Crippen LogP contribution is -2.34. The van der Waals surface area contributed by atoms with Gasteiger partial charge in [0.1, 0.15) is 0 Å². The Hall–Kier alpha value is -0.930. The summed E-state index contributed by atoms with van der Waals surface area (Å²) >= 11 is 0. The minimum atomic E-state index is -0.474. The number of aliphatic hydroxyl groups excluding tert-OH is 1. The second-order valence-electron chi connectivity index (χ2n) is 5.27. The molecule has 1 aromatic rings. The molecule has 3 unspecified atom stereocenters. The summed E-state index contributed by atoms with van der Waals surface area (Å²) in [5, 5.41) is 10.6. The summed E-state index contributed by atoms with van der Waals surface area (Å²) in [6.07, 6.45) is 7.44. The van der Waals surface area contributed by atoms with E-state index in [2.05, 4.69) is 11.9 Å². The second kappa shape index (κ2) is 5.15. The molecule has 0 aromatic carbocycles. The summed E-state index contributed by atoms with van der Waals surface area (Å²) in [6.45, 7) is 2.77. The monoisotopic (exact) mass is 234 g/mol. The highest BCUT2D eigenvalue weighted by atomic mass is 16.3. The van der Waals surface area contributed by atoms with Crippen molar-refractivity contribution >= 4 is 0 Å². The van der Waals surface area contributed by atoms with Crippen LogP contribution < -0.4 is 5.73 Å². The molecule has 0 bridgehead atoms. The number of hydrogen-bond donors (Lipinski definition) is 2. The first-order valence-corrected chi connectivity index (χ1v) is 6.50. The molecule has 0 spiro atoms. The van der Waals surface area contributed by atoms with E-state index in [4.69, 9.17) is 5.73 Å². The van der Waals surface area contributed by atoms with Crippen molar-refractivity contribution < 1.29 is 5.11 Å². The van der Waals surface area contributed by atoms with Crippen LogP contribution in [0.3, 0.4) is 0 Å². The van der Waals surface area contributed by atoms with E-state index in [0.717, 1.165) is 18.4 Å². The smallest absolute Gasteiger partial charge is 0.0873 e. The number of hydrogen-bond acceptors (Lipinski definition) is 3. The van der Waals surface area contributed by atoms with Crippen molar-refractivity contribution in [1.29, 1.82) is 0 Å². The maximum absolute atomic E-state index is 10.6. The number of nitrogens with two attached hydrogens (primary N) is 1. The first-order chi connectivity index (χ1) is 8.22. The van der Waals surface area contributed by atoms with Crippen LogP contribution in [0.1, 0.15) is 44.3 Å². The molecule has 1 aliphatic carbocycles. The predicted molar refractivity (Wildman–Crippen MR) is 68.3 cm³/mol. The van der Waals surface area contributed by atoms with Crippen molar-refractivity contribution in [2.75, 3.05) is 6.54 Å². The molecule has 2 rings (SSSR count). The van der Waals surface area contributed by atoms with Gasteiger partial charge < -0.3 is 10.8 Å². The average Bonchev–Trinajstić information content (AvgIpc) is 2.84. The SMILES string of the molecule is CCC1CCC(CN)(C(O)c2cccnc2)C1. The molecule has 94 valence electrons. The van der Waals surface area contributed by atoms with Gasteiger partial charge in [-0.2, -0.15) is 0 Å². The van der Waals surface area contributed by atoms with Crippen LogP contribution in [-0.2, 0) is 0 Å². The van der Waals surface area contributed by atoms with Crippen molar-refractivity contribution in [1.82, 2.24) is 4.98 Å². The van der Waals surface area contributed by atoms with Gasteiger partial charge >= 0.3 is 0 Å². The Morgan fingerprint density at radius 1 is 1.65 bits per heavy atom. The van der Waals surface area contributed by atoms with Gasteiger partial charge in [-0.25, -0.2) is 0 Å². The van der Waals surface area contributed by atoms with Gasteiger partial charge in [0.15, 0.2) is 0 Å². The number of aromatic nitrogens is 1. The Labute approximate surface area is 103 Å². The summed E-state index contributed by atoms with van der Waals surface area (Å²) in [6, 6.07) is 3.81. The minimum Gasteiger partial charge on any atom is -0.388 e. The zero-order chi connectivity index (χ0) is 12.3. The van der Waals surface area contributed by atoms with Crippen LogP contribution in [0, 0.1) is 11.3 Å². The highest BCUT2D eigenvalue weighted by molar-refractivity contribution is 5.16. The third kappa shape index (κ3) is 2.35. The molecular weight excluding hydrogens is 212 g/mol. The van der Waals surface area contributed by atoms with Crippen molar-refractivity contribution in [3.05, 3.63) is 30.1 Å². The third-order valence-corrected chi connectivity index (χ3v) is 4.31. The Morgan fingerprint density at radius 3 is 3.00 bits per heavy atom. The topological polar surface area (TPSA) is 59.1 Å². The van der Waals surface area contributed by atoms with Crippen LogP contribution in [0.25, 0.3) is 0 Å². The molecule has 1 fully saturated rings. The van der Waals surface area contributed by atoms with Gasteiger partial charge in [0.05, 0.1) is 6.10 Å². The van der Waals surface area contributed by atoms with Crippen LogP contribution in [0.4, 0.5) is 0 Å². The molecular formula is C14H22N2O. The van der Waals surface area contributed by atoms with Crippen molar-refractivity contribution in [2.24, 2.45) is 17.1 Å². The summed E-state index contributed by atoms with van der Waals surface area (Å²) in [5.74, 6) is 0.713. The molecule has 0 aliphatic heterocycles. The predicted octanol–water partition coefficient (Wildman–Crippen LogP) is 2.27. The molecule has 3 N–H and O–H groups in total. The summed E-state index contributed by atoms with van der Waals surface area (Å²) < 4.78 is 0. The average molecular weight is 234 g/mol. The van der Waals surface area contributed by atoms with E-state index in [1.165, 1.54) is 12.8 Å². The quantitative estimate of drug-likeness (QED) is 0.840. The Bertz CT molecular complexity index is 354. The standard InChI is InChI=1S/C14H22N2O/c1-2-11-5-6-14(8-11,10-15)13(17)12-4-3-7-16-9-12/h3-4,7,9,11,13,17H,2,5-6,8,10,15H2,1H3. The maximum Gasteiger partial charge on any atom is 0.0873 e.